The van der Waals surface area contributed by atoms with E-state index in [1.807, 2.05) is 6.07 Å². The van der Waals surface area contributed by atoms with Crippen molar-refractivity contribution >= 4 is 21.6 Å². The number of hydrogen-bond acceptors (Lipinski definition) is 6. The van der Waals surface area contributed by atoms with Crippen LogP contribution >= 0.6 is 0 Å². The molecule has 1 aliphatic rings. The predicted molar refractivity (Wildman–Crippen MR) is 110 cm³/mol. The Morgan fingerprint density at radius 2 is 2.03 bits per heavy atom. The Kier molecular flexibility index (Phi) is 5.27. The van der Waals surface area contributed by atoms with E-state index in [0.29, 0.717) is 22.8 Å². The summed E-state index contributed by atoms with van der Waals surface area (Å²) in [6.07, 6.45) is 4.75. The number of sulfonamides is 1. The highest BCUT2D eigenvalue weighted by Crippen LogP contribution is 2.30. The monoisotopic (exact) mass is 427 g/mol. The van der Waals surface area contributed by atoms with Crippen LogP contribution in [0.2, 0.25) is 0 Å². The first-order chi connectivity index (χ1) is 14.4. The van der Waals surface area contributed by atoms with E-state index >= 15 is 0 Å². The summed E-state index contributed by atoms with van der Waals surface area (Å²) >= 11 is 0. The lowest BCUT2D eigenvalue weighted by Crippen LogP contribution is -2.26. The number of methoxy groups -OCH3 is 1. The van der Waals surface area contributed by atoms with Crippen molar-refractivity contribution in [3.8, 4) is 11.6 Å². The minimum atomic E-state index is -3.67. The summed E-state index contributed by atoms with van der Waals surface area (Å²) in [5.41, 5.74) is 1.20. The molecular weight excluding hydrogens is 406 g/mol. The molecule has 3 aromatic rings. The zero-order valence-corrected chi connectivity index (χ0v) is 17.3. The van der Waals surface area contributed by atoms with Crippen molar-refractivity contribution in [2.45, 2.75) is 30.7 Å². The normalized spacial score (nSPS) is 13.8. The third-order valence-corrected chi connectivity index (χ3v) is 6.27. The summed E-state index contributed by atoms with van der Waals surface area (Å²) in [5.74, 6) is 0.507. The molecule has 10 heteroatoms. The Hall–Kier alpha value is -3.24. The number of benzene rings is 1. The fourth-order valence-corrected chi connectivity index (χ4v) is 4.30. The molecule has 0 spiro atoms. The third kappa shape index (κ3) is 4.05. The van der Waals surface area contributed by atoms with Gasteiger partial charge in [-0.1, -0.05) is 6.07 Å². The topological polar surface area (TPSA) is 115 Å². The Balaban J connectivity index is 1.61. The van der Waals surface area contributed by atoms with Gasteiger partial charge >= 0.3 is 0 Å². The van der Waals surface area contributed by atoms with Gasteiger partial charge in [0.1, 0.15) is 5.75 Å². The number of nitrogens with zero attached hydrogens (tertiary/aromatic N) is 3. The van der Waals surface area contributed by atoms with Crippen LogP contribution in [0, 0.1) is 6.92 Å². The molecule has 0 radical (unpaired) electrons. The fraction of sp³-hybridized carbons (Fsp3) is 0.250. The minimum Gasteiger partial charge on any atom is -0.495 e. The van der Waals surface area contributed by atoms with Crippen molar-refractivity contribution in [1.29, 1.82) is 0 Å². The third-order valence-electron chi connectivity index (χ3n) is 4.75. The van der Waals surface area contributed by atoms with E-state index in [9.17, 15) is 13.2 Å². The molecule has 1 amide bonds. The van der Waals surface area contributed by atoms with Crippen LogP contribution in [0.4, 0.5) is 5.69 Å². The maximum absolute atomic E-state index is 12.9. The second kappa shape index (κ2) is 7.88. The van der Waals surface area contributed by atoms with Gasteiger partial charge in [0.05, 0.1) is 35.1 Å². The lowest BCUT2D eigenvalue weighted by atomic mass is 10.2. The summed E-state index contributed by atoms with van der Waals surface area (Å²) in [7, 11) is -2.22. The van der Waals surface area contributed by atoms with Crippen LogP contribution in [0.3, 0.4) is 0 Å². The molecule has 9 nitrogen and oxygen atoms in total. The van der Waals surface area contributed by atoms with Crippen LogP contribution in [-0.2, 0) is 10.0 Å². The number of ether oxygens (including phenoxy) is 1. The number of rotatable bonds is 7. The van der Waals surface area contributed by atoms with E-state index < -0.39 is 15.9 Å². The Morgan fingerprint density at radius 3 is 2.70 bits per heavy atom. The molecule has 1 aromatic carbocycles. The maximum atomic E-state index is 12.9. The highest BCUT2D eigenvalue weighted by atomic mass is 32.2. The van der Waals surface area contributed by atoms with Gasteiger partial charge in [-0.2, -0.15) is 5.10 Å². The highest BCUT2D eigenvalue weighted by molar-refractivity contribution is 7.89. The lowest BCUT2D eigenvalue weighted by Gasteiger charge is -2.13. The van der Waals surface area contributed by atoms with Crippen molar-refractivity contribution < 1.29 is 17.9 Å². The van der Waals surface area contributed by atoms with E-state index in [0.717, 1.165) is 12.8 Å². The molecule has 1 aliphatic carbocycles. The van der Waals surface area contributed by atoms with Crippen molar-refractivity contribution in [3.05, 3.63) is 60.0 Å². The van der Waals surface area contributed by atoms with Gasteiger partial charge in [-0.05, 0) is 50.1 Å². The first-order valence-corrected chi connectivity index (χ1v) is 10.8. The SMILES string of the molecule is COc1ccc(S(=O)(=O)NC2CC2)cc1NC(=O)c1cnn(-c2ccccn2)c1C. The minimum absolute atomic E-state index is 0.0183. The van der Waals surface area contributed by atoms with Crippen LogP contribution in [0.25, 0.3) is 5.82 Å². The first-order valence-electron chi connectivity index (χ1n) is 9.37. The van der Waals surface area contributed by atoms with Gasteiger partial charge in [0, 0.05) is 12.2 Å². The van der Waals surface area contributed by atoms with Crippen molar-refractivity contribution in [2.75, 3.05) is 12.4 Å². The molecule has 2 heterocycles. The molecule has 30 heavy (non-hydrogen) atoms. The highest BCUT2D eigenvalue weighted by Gasteiger charge is 2.28. The van der Waals surface area contributed by atoms with Crippen LogP contribution < -0.4 is 14.8 Å². The quantitative estimate of drug-likeness (QED) is 0.598. The average Bonchev–Trinajstić information content (AvgIpc) is 3.46. The Bertz CT molecular complexity index is 1190. The molecule has 0 unspecified atom stereocenters. The zero-order valence-electron chi connectivity index (χ0n) is 16.5. The number of carbonyl (C=O) groups excluding carboxylic acids is 1. The molecule has 2 N–H and O–H groups in total. The molecule has 156 valence electrons. The standard InChI is InChI=1S/C20H21N5O4S/c1-13-16(12-22-25(13)19-5-3-4-10-21-19)20(26)23-17-11-15(8-9-18(17)29-2)30(27,28)24-14-6-7-14/h3-5,8-12,14,24H,6-7H2,1-2H3,(H,23,26). The summed E-state index contributed by atoms with van der Waals surface area (Å²) in [5, 5.41) is 6.98. The summed E-state index contributed by atoms with van der Waals surface area (Å²) < 4.78 is 34.5. The molecule has 1 saturated carbocycles. The Morgan fingerprint density at radius 1 is 1.23 bits per heavy atom. The van der Waals surface area contributed by atoms with E-state index in [1.54, 1.807) is 29.9 Å². The second-order valence-electron chi connectivity index (χ2n) is 6.96. The van der Waals surface area contributed by atoms with E-state index in [2.05, 4.69) is 20.1 Å². The predicted octanol–water partition coefficient (Wildman–Crippen LogP) is 2.28. The summed E-state index contributed by atoms with van der Waals surface area (Å²) in [6, 6.07) is 9.74. The Labute approximate surface area is 174 Å². The molecule has 0 aliphatic heterocycles. The molecule has 0 saturated heterocycles. The smallest absolute Gasteiger partial charge is 0.259 e. The maximum Gasteiger partial charge on any atom is 0.259 e. The molecule has 2 aromatic heterocycles. The first kappa shape index (κ1) is 20.0. The van der Waals surface area contributed by atoms with Gasteiger partial charge in [0.2, 0.25) is 10.0 Å². The number of hydrogen-bond donors (Lipinski definition) is 2. The van der Waals surface area contributed by atoms with E-state index in [1.165, 1.54) is 31.5 Å². The average molecular weight is 427 g/mol. The molecular formula is C20H21N5O4S. The molecule has 0 atom stereocenters. The molecule has 1 fully saturated rings. The van der Waals surface area contributed by atoms with Gasteiger partial charge in [-0.15, -0.1) is 0 Å². The van der Waals surface area contributed by atoms with Crippen molar-refractivity contribution in [1.82, 2.24) is 19.5 Å². The van der Waals surface area contributed by atoms with E-state index in [-0.39, 0.29) is 16.6 Å². The van der Waals surface area contributed by atoms with E-state index in [4.69, 9.17) is 4.74 Å². The number of amides is 1. The van der Waals surface area contributed by atoms with Gasteiger partial charge in [0.25, 0.3) is 5.91 Å². The molecule has 0 bridgehead atoms. The summed E-state index contributed by atoms with van der Waals surface area (Å²) in [4.78, 5) is 17.2. The van der Waals surface area contributed by atoms with Crippen LogP contribution in [0.15, 0.2) is 53.7 Å². The van der Waals surface area contributed by atoms with Gasteiger partial charge in [-0.3, -0.25) is 4.79 Å². The van der Waals surface area contributed by atoms with Crippen molar-refractivity contribution in [2.24, 2.45) is 0 Å². The van der Waals surface area contributed by atoms with Gasteiger partial charge in [0.15, 0.2) is 5.82 Å². The number of nitrogens with one attached hydrogen (secondary N) is 2. The number of anilines is 1. The lowest BCUT2D eigenvalue weighted by molar-refractivity contribution is 0.102. The summed E-state index contributed by atoms with van der Waals surface area (Å²) in [6.45, 7) is 1.76. The largest absolute Gasteiger partial charge is 0.495 e. The fourth-order valence-electron chi connectivity index (χ4n) is 2.97. The van der Waals surface area contributed by atoms with Crippen molar-refractivity contribution in [3.63, 3.8) is 0 Å². The van der Waals surface area contributed by atoms with Crippen LogP contribution in [-0.4, -0.2) is 42.2 Å². The van der Waals surface area contributed by atoms with Gasteiger partial charge in [-0.25, -0.2) is 22.8 Å². The van der Waals surface area contributed by atoms with Crippen LogP contribution in [0.1, 0.15) is 28.9 Å². The zero-order chi connectivity index (χ0) is 21.3. The van der Waals surface area contributed by atoms with Crippen LogP contribution in [0.5, 0.6) is 5.75 Å². The molecule has 4 rings (SSSR count). The van der Waals surface area contributed by atoms with Gasteiger partial charge < -0.3 is 10.1 Å². The number of carbonyl (C=O) groups is 1. The number of pyridine rings is 1. The second-order valence-corrected chi connectivity index (χ2v) is 8.67. The number of aromatic nitrogens is 3.